The number of carbonyl (C=O) groups excluding carboxylic acids is 1. The van der Waals surface area contributed by atoms with E-state index in [0.717, 1.165) is 16.6 Å². The molecule has 0 unspecified atom stereocenters. The number of hydrogen-bond donors (Lipinski definition) is 1. The maximum atomic E-state index is 11.4. The second-order valence-corrected chi connectivity index (χ2v) is 4.07. The molecule has 4 heteroatoms. The van der Waals surface area contributed by atoms with E-state index in [2.05, 4.69) is 5.32 Å². The Labute approximate surface area is 99.0 Å². The van der Waals surface area contributed by atoms with Crippen LogP contribution in [0.15, 0.2) is 30.5 Å². The molecule has 1 aromatic carbocycles. The van der Waals surface area contributed by atoms with Gasteiger partial charge in [-0.1, -0.05) is 0 Å². The second kappa shape index (κ2) is 4.58. The fraction of sp³-hybridized carbons (Fsp3) is 0.250. The maximum Gasteiger partial charge on any atom is 0.225 e. The van der Waals surface area contributed by atoms with Crippen LogP contribution >= 0.6 is 11.6 Å². The van der Waals surface area contributed by atoms with Gasteiger partial charge in [-0.25, -0.2) is 0 Å². The van der Waals surface area contributed by atoms with Gasteiger partial charge in [0, 0.05) is 42.1 Å². The van der Waals surface area contributed by atoms with Crippen LogP contribution in [-0.4, -0.2) is 16.4 Å². The predicted octanol–water partition coefficient (Wildman–Crippen LogP) is 2.75. The fourth-order valence-electron chi connectivity index (χ4n) is 1.67. The molecule has 0 spiro atoms. The van der Waals surface area contributed by atoms with Crippen LogP contribution in [0.4, 0.5) is 5.69 Å². The van der Waals surface area contributed by atoms with Gasteiger partial charge in [0.05, 0.1) is 0 Å². The summed E-state index contributed by atoms with van der Waals surface area (Å²) < 4.78 is 2.04. The van der Waals surface area contributed by atoms with Crippen LogP contribution in [0.25, 0.3) is 10.9 Å². The average Bonchev–Trinajstić information content (AvgIpc) is 2.60. The van der Waals surface area contributed by atoms with Crippen LogP contribution in [0.3, 0.4) is 0 Å². The number of nitrogens with one attached hydrogen (secondary N) is 1. The standard InChI is InChI=1S/C12H13ClN2O/c1-15-7-5-9-8-10(2-3-11(9)15)14-12(16)4-6-13/h2-3,5,7-8H,4,6H2,1H3,(H,14,16). The lowest BCUT2D eigenvalue weighted by Gasteiger charge is -2.04. The topological polar surface area (TPSA) is 34.0 Å². The first-order valence-corrected chi connectivity index (χ1v) is 5.65. The lowest BCUT2D eigenvalue weighted by Crippen LogP contribution is -2.11. The van der Waals surface area contributed by atoms with Gasteiger partial charge in [-0.3, -0.25) is 4.79 Å². The number of aromatic nitrogens is 1. The number of benzene rings is 1. The Morgan fingerprint density at radius 3 is 3.00 bits per heavy atom. The van der Waals surface area contributed by atoms with Crippen LogP contribution in [0.1, 0.15) is 6.42 Å². The number of amides is 1. The van der Waals surface area contributed by atoms with Crippen molar-refractivity contribution in [2.24, 2.45) is 7.05 Å². The lowest BCUT2D eigenvalue weighted by molar-refractivity contribution is -0.115. The molecule has 0 fully saturated rings. The molecule has 0 bridgehead atoms. The average molecular weight is 237 g/mol. The molecule has 0 atom stereocenters. The van der Waals surface area contributed by atoms with E-state index in [9.17, 15) is 4.79 Å². The first-order valence-electron chi connectivity index (χ1n) is 5.11. The molecule has 2 rings (SSSR count). The van der Waals surface area contributed by atoms with Crippen molar-refractivity contribution in [3.05, 3.63) is 30.5 Å². The predicted molar refractivity (Wildman–Crippen MR) is 66.9 cm³/mol. The molecule has 1 aromatic heterocycles. The Kier molecular flexibility index (Phi) is 3.15. The van der Waals surface area contributed by atoms with Crippen LogP contribution in [0, 0.1) is 0 Å². The Morgan fingerprint density at radius 1 is 1.44 bits per heavy atom. The zero-order valence-corrected chi connectivity index (χ0v) is 9.79. The van der Waals surface area contributed by atoms with E-state index in [1.165, 1.54) is 0 Å². The summed E-state index contributed by atoms with van der Waals surface area (Å²) in [5.74, 6) is 0.296. The number of anilines is 1. The number of halogens is 1. The van der Waals surface area contributed by atoms with Crippen molar-refractivity contribution in [2.45, 2.75) is 6.42 Å². The zero-order valence-electron chi connectivity index (χ0n) is 9.03. The highest BCUT2D eigenvalue weighted by atomic mass is 35.5. The van der Waals surface area contributed by atoms with Gasteiger partial charge in [0.1, 0.15) is 0 Å². The minimum absolute atomic E-state index is 0.0507. The summed E-state index contributed by atoms with van der Waals surface area (Å²) in [6.45, 7) is 0. The van der Waals surface area contributed by atoms with Gasteiger partial charge in [0.15, 0.2) is 0 Å². The van der Waals surface area contributed by atoms with E-state index in [1.54, 1.807) is 0 Å². The first-order chi connectivity index (χ1) is 7.70. The van der Waals surface area contributed by atoms with E-state index in [1.807, 2.05) is 42.1 Å². The van der Waals surface area contributed by atoms with Crippen molar-refractivity contribution >= 4 is 34.1 Å². The first kappa shape index (κ1) is 11.0. The molecule has 84 valence electrons. The van der Waals surface area contributed by atoms with Crippen molar-refractivity contribution in [1.82, 2.24) is 4.57 Å². The van der Waals surface area contributed by atoms with Gasteiger partial charge >= 0.3 is 0 Å². The summed E-state index contributed by atoms with van der Waals surface area (Å²) >= 11 is 5.50. The number of nitrogens with zero attached hydrogens (tertiary/aromatic N) is 1. The Bertz CT molecular complexity index is 519. The SMILES string of the molecule is Cn1ccc2cc(NC(=O)CCCl)ccc21. The van der Waals surface area contributed by atoms with E-state index in [4.69, 9.17) is 11.6 Å². The smallest absolute Gasteiger partial charge is 0.225 e. The highest BCUT2D eigenvalue weighted by Gasteiger charge is 2.03. The summed E-state index contributed by atoms with van der Waals surface area (Å²) in [4.78, 5) is 11.4. The third-order valence-electron chi connectivity index (χ3n) is 2.49. The van der Waals surface area contributed by atoms with Crippen molar-refractivity contribution in [1.29, 1.82) is 0 Å². The lowest BCUT2D eigenvalue weighted by atomic mass is 10.2. The van der Waals surface area contributed by atoms with Crippen molar-refractivity contribution < 1.29 is 4.79 Å². The normalized spacial score (nSPS) is 10.6. The van der Waals surface area contributed by atoms with E-state index >= 15 is 0 Å². The van der Waals surface area contributed by atoms with Gasteiger partial charge < -0.3 is 9.88 Å². The van der Waals surface area contributed by atoms with E-state index in [0.29, 0.717) is 12.3 Å². The van der Waals surface area contributed by atoms with Gasteiger partial charge in [0.2, 0.25) is 5.91 Å². The van der Waals surface area contributed by atoms with Crippen molar-refractivity contribution in [3.8, 4) is 0 Å². The monoisotopic (exact) mass is 236 g/mol. The minimum Gasteiger partial charge on any atom is -0.351 e. The molecule has 3 nitrogen and oxygen atoms in total. The molecule has 1 amide bonds. The molecule has 2 aromatic rings. The fourth-order valence-corrected chi connectivity index (χ4v) is 1.84. The summed E-state index contributed by atoms with van der Waals surface area (Å²) in [7, 11) is 1.99. The number of alkyl halides is 1. The quantitative estimate of drug-likeness (QED) is 0.817. The largest absolute Gasteiger partial charge is 0.351 e. The zero-order chi connectivity index (χ0) is 11.5. The molecular weight excluding hydrogens is 224 g/mol. The third kappa shape index (κ3) is 2.19. The number of aryl methyl sites for hydroxylation is 1. The molecule has 0 radical (unpaired) electrons. The van der Waals surface area contributed by atoms with Gasteiger partial charge in [-0.2, -0.15) is 0 Å². The number of fused-ring (bicyclic) bond motifs is 1. The van der Waals surface area contributed by atoms with E-state index < -0.39 is 0 Å². The molecule has 1 N–H and O–H groups in total. The molecule has 16 heavy (non-hydrogen) atoms. The van der Waals surface area contributed by atoms with Crippen molar-refractivity contribution in [2.75, 3.05) is 11.2 Å². The summed E-state index contributed by atoms with van der Waals surface area (Å²) in [5, 5.41) is 3.93. The Balaban J connectivity index is 2.23. The van der Waals surface area contributed by atoms with Crippen LogP contribution < -0.4 is 5.32 Å². The van der Waals surface area contributed by atoms with E-state index in [-0.39, 0.29) is 5.91 Å². The molecule has 0 saturated heterocycles. The third-order valence-corrected chi connectivity index (χ3v) is 2.68. The summed E-state index contributed by atoms with van der Waals surface area (Å²) in [6, 6.07) is 7.87. The highest BCUT2D eigenvalue weighted by Crippen LogP contribution is 2.19. The molecule has 0 aliphatic heterocycles. The molecule has 0 aliphatic carbocycles. The Morgan fingerprint density at radius 2 is 2.25 bits per heavy atom. The van der Waals surface area contributed by atoms with Crippen LogP contribution in [0.5, 0.6) is 0 Å². The highest BCUT2D eigenvalue weighted by molar-refractivity contribution is 6.19. The molecule has 0 saturated carbocycles. The number of hydrogen-bond acceptors (Lipinski definition) is 1. The molecular formula is C12H13ClN2O. The molecule has 0 aliphatic rings. The second-order valence-electron chi connectivity index (χ2n) is 3.69. The number of rotatable bonds is 3. The van der Waals surface area contributed by atoms with Gasteiger partial charge in [-0.15, -0.1) is 11.6 Å². The number of carbonyl (C=O) groups is 1. The summed E-state index contributed by atoms with van der Waals surface area (Å²) in [5.41, 5.74) is 1.96. The minimum atomic E-state index is -0.0507. The van der Waals surface area contributed by atoms with Crippen LogP contribution in [-0.2, 0) is 11.8 Å². The van der Waals surface area contributed by atoms with Crippen LogP contribution in [0.2, 0.25) is 0 Å². The maximum absolute atomic E-state index is 11.4. The summed E-state index contributed by atoms with van der Waals surface area (Å²) in [6.07, 6.45) is 2.34. The van der Waals surface area contributed by atoms with Gasteiger partial charge in [0.25, 0.3) is 0 Å². The Hall–Kier alpha value is -1.48. The van der Waals surface area contributed by atoms with Crippen molar-refractivity contribution in [3.63, 3.8) is 0 Å². The molecule has 1 heterocycles. The van der Waals surface area contributed by atoms with Gasteiger partial charge in [-0.05, 0) is 24.3 Å².